The summed E-state index contributed by atoms with van der Waals surface area (Å²) in [6.07, 6.45) is 0.989. The van der Waals surface area contributed by atoms with Crippen LogP contribution in [-0.4, -0.2) is 28.6 Å². The van der Waals surface area contributed by atoms with Gasteiger partial charge in [-0.25, -0.2) is 0 Å². The third kappa shape index (κ3) is 1.86. The largest absolute Gasteiger partial charge is 0.480 e. The van der Waals surface area contributed by atoms with Crippen LogP contribution in [0.25, 0.3) is 0 Å². The van der Waals surface area contributed by atoms with E-state index >= 15 is 0 Å². The topological polar surface area (TPSA) is 49.3 Å². The summed E-state index contributed by atoms with van der Waals surface area (Å²) in [5.74, 6) is 0.947. The lowest BCUT2D eigenvalue weighted by atomic mass is 10.0. The highest BCUT2D eigenvalue weighted by Gasteiger charge is 2.45. The third-order valence-corrected chi connectivity index (χ3v) is 5.85. The lowest BCUT2D eigenvalue weighted by molar-refractivity contribution is -0.138. The molecule has 1 unspecified atom stereocenters. The van der Waals surface area contributed by atoms with Gasteiger partial charge in [-0.2, -0.15) is 0 Å². The highest BCUT2D eigenvalue weighted by atomic mass is 32.2. The Morgan fingerprint density at radius 2 is 2.29 bits per heavy atom. The molecule has 5 heteroatoms. The molecule has 0 amide bonds. The number of fused-ring (bicyclic) bond motifs is 2. The van der Waals surface area contributed by atoms with Gasteiger partial charge in [-0.05, 0) is 18.1 Å². The predicted molar refractivity (Wildman–Crippen MR) is 70.5 cm³/mol. The van der Waals surface area contributed by atoms with Gasteiger partial charge in [0.05, 0.1) is 4.87 Å². The van der Waals surface area contributed by atoms with E-state index in [2.05, 4.69) is 17.4 Å². The summed E-state index contributed by atoms with van der Waals surface area (Å²) in [5, 5.41) is 12.4. The zero-order valence-corrected chi connectivity index (χ0v) is 10.8. The Kier molecular flexibility index (Phi) is 2.84. The average molecular weight is 267 g/mol. The average Bonchev–Trinajstić information content (AvgIpc) is 2.75. The smallest absolute Gasteiger partial charge is 0.321 e. The van der Waals surface area contributed by atoms with Crippen LogP contribution >= 0.6 is 23.5 Å². The van der Waals surface area contributed by atoms with Gasteiger partial charge in [-0.1, -0.05) is 18.2 Å². The molecule has 2 atom stereocenters. The summed E-state index contributed by atoms with van der Waals surface area (Å²) in [6.45, 7) is 0. The van der Waals surface area contributed by atoms with E-state index in [9.17, 15) is 4.79 Å². The second kappa shape index (κ2) is 4.23. The molecule has 2 N–H and O–H groups in total. The third-order valence-electron chi connectivity index (χ3n) is 3.24. The summed E-state index contributed by atoms with van der Waals surface area (Å²) >= 11 is 3.60. The Bertz CT molecular complexity index is 466. The fraction of sp³-hybridized carbons (Fsp3) is 0.417. The summed E-state index contributed by atoms with van der Waals surface area (Å²) in [4.78, 5) is 12.2. The lowest BCUT2D eigenvalue weighted by Crippen LogP contribution is -2.44. The highest BCUT2D eigenvalue weighted by Crippen LogP contribution is 2.49. The molecule has 2 heterocycles. The minimum absolute atomic E-state index is 0.176. The van der Waals surface area contributed by atoms with Crippen molar-refractivity contribution in [3.63, 3.8) is 0 Å². The number of thioether (sulfide) groups is 2. The van der Waals surface area contributed by atoms with Crippen LogP contribution in [0.15, 0.2) is 29.2 Å². The normalized spacial score (nSPS) is 31.4. The van der Waals surface area contributed by atoms with Crippen molar-refractivity contribution in [2.45, 2.75) is 22.2 Å². The van der Waals surface area contributed by atoms with Crippen LogP contribution in [0.5, 0.6) is 0 Å². The van der Waals surface area contributed by atoms with E-state index in [1.54, 1.807) is 11.8 Å². The summed E-state index contributed by atoms with van der Waals surface area (Å²) in [7, 11) is 0. The van der Waals surface area contributed by atoms with Gasteiger partial charge in [0.15, 0.2) is 0 Å². The van der Waals surface area contributed by atoms with Crippen LogP contribution in [0.1, 0.15) is 12.0 Å². The number of nitrogens with one attached hydrogen (secondary N) is 1. The van der Waals surface area contributed by atoms with Gasteiger partial charge in [-0.15, -0.1) is 23.5 Å². The van der Waals surface area contributed by atoms with Crippen molar-refractivity contribution >= 4 is 29.5 Å². The van der Waals surface area contributed by atoms with Crippen LogP contribution in [0.4, 0.5) is 0 Å². The number of carbonyl (C=O) groups is 1. The van der Waals surface area contributed by atoms with E-state index in [-0.39, 0.29) is 4.87 Å². The van der Waals surface area contributed by atoms with Crippen molar-refractivity contribution in [3.8, 4) is 0 Å². The minimum atomic E-state index is -0.745. The lowest BCUT2D eigenvalue weighted by Gasteiger charge is -2.35. The second-order valence-corrected chi connectivity index (χ2v) is 6.72. The number of carboxylic acid groups (broad SMARTS) is 1. The fourth-order valence-corrected chi connectivity index (χ4v) is 5.27. The number of benzene rings is 1. The first-order valence-electron chi connectivity index (χ1n) is 5.58. The van der Waals surface area contributed by atoms with E-state index < -0.39 is 12.0 Å². The van der Waals surface area contributed by atoms with Crippen LogP contribution in [-0.2, 0) is 9.67 Å². The van der Waals surface area contributed by atoms with Crippen LogP contribution < -0.4 is 5.32 Å². The number of aliphatic carboxylic acids is 1. The molecule has 0 saturated carbocycles. The number of hydrogen-bond acceptors (Lipinski definition) is 4. The zero-order valence-electron chi connectivity index (χ0n) is 9.18. The molecular formula is C12H13NO2S2. The molecule has 3 nitrogen and oxygen atoms in total. The molecule has 17 heavy (non-hydrogen) atoms. The van der Waals surface area contributed by atoms with Gasteiger partial charge < -0.3 is 5.11 Å². The van der Waals surface area contributed by atoms with Crippen LogP contribution in [0, 0.1) is 0 Å². The van der Waals surface area contributed by atoms with Crippen molar-refractivity contribution in [1.29, 1.82) is 0 Å². The molecule has 3 rings (SSSR count). The summed E-state index contributed by atoms with van der Waals surface area (Å²) in [6, 6.07) is 7.89. The zero-order chi connectivity index (χ0) is 11.9. The highest BCUT2D eigenvalue weighted by molar-refractivity contribution is 8.01. The first kappa shape index (κ1) is 11.4. The molecule has 1 fully saturated rings. The van der Waals surface area contributed by atoms with Crippen molar-refractivity contribution in [3.05, 3.63) is 29.8 Å². The van der Waals surface area contributed by atoms with E-state index in [0.29, 0.717) is 5.75 Å². The molecule has 2 aliphatic rings. The van der Waals surface area contributed by atoms with E-state index in [1.165, 1.54) is 10.5 Å². The van der Waals surface area contributed by atoms with E-state index in [0.717, 1.165) is 12.2 Å². The Labute approximate surface area is 108 Å². The Hall–Kier alpha value is -0.650. The molecule has 0 radical (unpaired) electrons. The minimum Gasteiger partial charge on any atom is -0.480 e. The Morgan fingerprint density at radius 3 is 3.06 bits per heavy atom. The maximum absolute atomic E-state index is 11.1. The maximum atomic E-state index is 11.1. The SMILES string of the molecule is O=C(O)[C@H]1CSC2(CCSc3ccccc32)N1. The molecule has 0 aromatic heterocycles. The standard InChI is InChI=1S/C12H13NO2S2/c14-11(15)9-7-17-12(13-9)5-6-16-10-4-2-1-3-8(10)12/h1-4,9,13H,5-7H2,(H,14,15)/t9-,12?/m1/s1. The molecule has 1 aromatic carbocycles. The van der Waals surface area contributed by atoms with E-state index in [1.807, 2.05) is 23.9 Å². The van der Waals surface area contributed by atoms with Crippen molar-refractivity contribution in [2.75, 3.05) is 11.5 Å². The predicted octanol–water partition coefficient (Wildman–Crippen LogP) is 2.12. The fourth-order valence-electron chi connectivity index (χ4n) is 2.39. The van der Waals surface area contributed by atoms with Crippen molar-refractivity contribution < 1.29 is 9.90 Å². The van der Waals surface area contributed by atoms with E-state index in [4.69, 9.17) is 5.11 Å². The number of carboxylic acids is 1. The number of hydrogen-bond donors (Lipinski definition) is 2. The quantitative estimate of drug-likeness (QED) is 0.816. The van der Waals surface area contributed by atoms with Crippen LogP contribution in [0.3, 0.4) is 0 Å². The van der Waals surface area contributed by atoms with Crippen molar-refractivity contribution in [1.82, 2.24) is 5.32 Å². The molecule has 1 saturated heterocycles. The molecule has 0 bridgehead atoms. The second-order valence-electron chi connectivity index (χ2n) is 4.27. The summed E-state index contributed by atoms with van der Waals surface area (Å²) < 4.78 is 0. The molecule has 1 aromatic rings. The first-order chi connectivity index (χ1) is 8.21. The van der Waals surface area contributed by atoms with Gasteiger partial charge in [0.25, 0.3) is 0 Å². The van der Waals surface area contributed by atoms with Crippen molar-refractivity contribution in [2.24, 2.45) is 0 Å². The van der Waals surface area contributed by atoms with Gasteiger partial charge in [0, 0.05) is 16.4 Å². The Morgan fingerprint density at radius 1 is 1.47 bits per heavy atom. The van der Waals surface area contributed by atoms with Gasteiger partial charge >= 0.3 is 5.97 Å². The summed E-state index contributed by atoms with van der Waals surface area (Å²) in [5.41, 5.74) is 1.25. The van der Waals surface area contributed by atoms with Gasteiger partial charge in [0.1, 0.15) is 6.04 Å². The van der Waals surface area contributed by atoms with Gasteiger partial charge in [0.2, 0.25) is 0 Å². The first-order valence-corrected chi connectivity index (χ1v) is 7.55. The number of rotatable bonds is 1. The molecule has 90 valence electrons. The molecule has 2 aliphatic heterocycles. The Balaban J connectivity index is 1.98. The molecular weight excluding hydrogens is 254 g/mol. The maximum Gasteiger partial charge on any atom is 0.321 e. The molecule has 1 spiro atoms. The monoisotopic (exact) mass is 267 g/mol. The van der Waals surface area contributed by atoms with Crippen LogP contribution in [0.2, 0.25) is 0 Å². The molecule has 0 aliphatic carbocycles. The van der Waals surface area contributed by atoms with Gasteiger partial charge in [-0.3, -0.25) is 10.1 Å².